The summed E-state index contributed by atoms with van der Waals surface area (Å²) in [4.78, 5) is 22.6. The van der Waals surface area contributed by atoms with Gasteiger partial charge in [0.05, 0.1) is 17.6 Å². The number of nitro groups is 1. The van der Waals surface area contributed by atoms with Gasteiger partial charge in [-0.05, 0) is 41.5 Å². The van der Waals surface area contributed by atoms with Crippen LogP contribution in [0.3, 0.4) is 0 Å². The van der Waals surface area contributed by atoms with Crippen LogP contribution in [0.25, 0.3) is 6.08 Å². The van der Waals surface area contributed by atoms with Crippen molar-refractivity contribution in [3.63, 3.8) is 0 Å². The molecule has 0 spiro atoms. The van der Waals surface area contributed by atoms with Crippen molar-refractivity contribution >= 4 is 17.5 Å². The van der Waals surface area contributed by atoms with Crippen LogP contribution >= 0.6 is 0 Å². The minimum absolute atomic E-state index is 0.0144. The van der Waals surface area contributed by atoms with Gasteiger partial charge in [0.1, 0.15) is 12.7 Å². The summed E-state index contributed by atoms with van der Waals surface area (Å²) in [5, 5.41) is 20.0. The molecule has 0 aromatic heterocycles. The molecule has 0 bridgehead atoms. The second kappa shape index (κ2) is 9.02. The van der Waals surface area contributed by atoms with Gasteiger partial charge < -0.3 is 9.47 Å². The van der Waals surface area contributed by atoms with E-state index < -0.39 is 10.3 Å². The van der Waals surface area contributed by atoms with Crippen LogP contribution in [0.4, 0.5) is 5.69 Å². The van der Waals surface area contributed by atoms with Gasteiger partial charge in [0.15, 0.2) is 17.3 Å². The summed E-state index contributed by atoms with van der Waals surface area (Å²) < 4.78 is 11.1. The van der Waals surface area contributed by atoms with E-state index in [-0.39, 0.29) is 23.7 Å². The number of Topliss-reactive ketones (excluding diaryl/α,β-unsaturated/α-hetero) is 1. The summed E-state index contributed by atoms with van der Waals surface area (Å²) in [6, 6.07) is 13.1. The van der Waals surface area contributed by atoms with E-state index in [4.69, 9.17) is 9.47 Å². The molecular formula is C22H22N2O5. The van der Waals surface area contributed by atoms with Gasteiger partial charge in [-0.15, -0.1) is 0 Å². The highest BCUT2D eigenvalue weighted by molar-refractivity contribution is 6.06. The predicted molar refractivity (Wildman–Crippen MR) is 108 cm³/mol. The Morgan fingerprint density at radius 1 is 1.17 bits per heavy atom. The molecule has 2 aromatic rings. The zero-order valence-electron chi connectivity index (χ0n) is 16.8. The highest BCUT2D eigenvalue weighted by Crippen LogP contribution is 2.30. The Hall–Kier alpha value is -3.66. The van der Waals surface area contributed by atoms with E-state index >= 15 is 0 Å². The van der Waals surface area contributed by atoms with Gasteiger partial charge in [0, 0.05) is 17.5 Å². The van der Waals surface area contributed by atoms with E-state index in [9.17, 15) is 20.2 Å². The first-order chi connectivity index (χ1) is 13.7. The molecule has 0 saturated heterocycles. The number of hydrogen-bond acceptors (Lipinski definition) is 6. The quantitative estimate of drug-likeness (QED) is 0.292. The number of rotatable bonds is 7. The number of ether oxygens (including phenoxy) is 2. The van der Waals surface area contributed by atoms with E-state index in [0.717, 1.165) is 5.56 Å². The van der Waals surface area contributed by atoms with Gasteiger partial charge in [-0.1, -0.05) is 26.8 Å². The Morgan fingerprint density at radius 2 is 1.83 bits per heavy atom. The molecule has 29 heavy (non-hydrogen) atoms. The molecule has 0 atom stereocenters. The minimum Gasteiger partial charge on any atom is -0.493 e. The van der Waals surface area contributed by atoms with Gasteiger partial charge in [-0.3, -0.25) is 14.9 Å². The molecule has 0 amide bonds. The third kappa shape index (κ3) is 5.66. The van der Waals surface area contributed by atoms with Crippen LogP contribution in [-0.4, -0.2) is 17.8 Å². The van der Waals surface area contributed by atoms with Gasteiger partial charge in [0.25, 0.3) is 5.69 Å². The van der Waals surface area contributed by atoms with E-state index in [1.165, 1.54) is 25.3 Å². The normalized spacial score (nSPS) is 11.5. The molecule has 0 N–H and O–H groups in total. The van der Waals surface area contributed by atoms with Crippen LogP contribution < -0.4 is 9.47 Å². The molecule has 2 aromatic carbocycles. The number of allylic oxidation sites excluding steroid dienone is 1. The third-order valence-corrected chi connectivity index (χ3v) is 4.09. The Kier molecular flexibility index (Phi) is 6.73. The van der Waals surface area contributed by atoms with Crippen molar-refractivity contribution in [3.8, 4) is 17.6 Å². The lowest BCUT2D eigenvalue weighted by molar-refractivity contribution is -0.384. The summed E-state index contributed by atoms with van der Waals surface area (Å²) in [7, 11) is 1.49. The maximum atomic E-state index is 12.4. The molecular weight excluding hydrogens is 372 g/mol. The highest BCUT2D eigenvalue weighted by Gasteiger charge is 2.25. The molecule has 0 aliphatic rings. The van der Waals surface area contributed by atoms with Crippen LogP contribution in [0.5, 0.6) is 11.5 Å². The lowest BCUT2D eigenvalue weighted by Crippen LogP contribution is -2.21. The maximum Gasteiger partial charge on any atom is 0.269 e. The SMILES string of the molecule is COc1cc(C=C(C#N)C(=O)C(C)(C)C)ccc1OCc1ccc([N+](=O)[O-])cc1. The molecule has 0 aliphatic heterocycles. The topological polar surface area (TPSA) is 102 Å². The minimum atomic E-state index is -0.653. The van der Waals surface area contributed by atoms with Crippen molar-refractivity contribution < 1.29 is 19.2 Å². The molecule has 150 valence electrons. The summed E-state index contributed by atoms with van der Waals surface area (Å²) in [6.45, 7) is 5.48. The van der Waals surface area contributed by atoms with E-state index in [1.54, 1.807) is 51.1 Å². The van der Waals surface area contributed by atoms with Gasteiger partial charge in [0.2, 0.25) is 0 Å². The van der Waals surface area contributed by atoms with Crippen molar-refractivity contribution in [1.29, 1.82) is 5.26 Å². The van der Waals surface area contributed by atoms with Gasteiger partial charge >= 0.3 is 0 Å². The monoisotopic (exact) mass is 394 g/mol. The largest absolute Gasteiger partial charge is 0.493 e. The number of carbonyl (C=O) groups excluding carboxylic acids is 1. The first-order valence-electron chi connectivity index (χ1n) is 8.86. The summed E-state index contributed by atoms with van der Waals surface area (Å²) in [5.41, 5.74) is 0.835. The standard InChI is InChI=1S/C22H22N2O5/c1-22(2,3)21(25)17(13-23)11-16-7-10-19(20(12-16)28-4)29-14-15-5-8-18(9-6-15)24(26)27/h5-12H,14H2,1-4H3. The molecule has 0 saturated carbocycles. The van der Waals surface area contributed by atoms with Crippen molar-refractivity contribution in [2.24, 2.45) is 5.41 Å². The summed E-state index contributed by atoms with van der Waals surface area (Å²) in [6.07, 6.45) is 1.52. The maximum absolute atomic E-state index is 12.4. The van der Waals surface area contributed by atoms with Crippen LogP contribution in [-0.2, 0) is 11.4 Å². The number of nitro benzene ring substituents is 1. The smallest absolute Gasteiger partial charge is 0.269 e. The number of carbonyl (C=O) groups is 1. The van der Waals surface area contributed by atoms with Crippen LogP contribution in [0.15, 0.2) is 48.0 Å². The lowest BCUT2D eigenvalue weighted by atomic mass is 9.86. The Bertz CT molecular complexity index is 980. The number of nitriles is 1. The van der Waals surface area contributed by atoms with Crippen molar-refractivity contribution in [1.82, 2.24) is 0 Å². The van der Waals surface area contributed by atoms with Crippen molar-refractivity contribution in [2.45, 2.75) is 27.4 Å². The fourth-order valence-corrected chi connectivity index (χ4v) is 2.49. The highest BCUT2D eigenvalue weighted by atomic mass is 16.6. The molecule has 7 heteroatoms. The number of methoxy groups -OCH3 is 1. The number of ketones is 1. The van der Waals surface area contributed by atoms with Crippen molar-refractivity contribution in [2.75, 3.05) is 7.11 Å². The number of benzene rings is 2. The van der Waals surface area contributed by atoms with Crippen LogP contribution in [0, 0.1) is 26.9 Å². The fourth-order valence-electron chi connectivity index (χ4n) is 2.49. The van der Waals surface area contributed by atoms with Crippen LogP contribution in [0.2, 0.25) is 0 Å². The van der Waals surface area contributed by atoms with Gasteiger partial charge in [-0.2, -0.15) is 5.26 Å². The average Bonchev–Trinajstić information content (AvgIpc) is 2.69. The summed E-state index contributed by atoms with van der Waals surface area (Å²) in [5.74, 6) is 0.683. The Balaban J connectivity index is 2.20. The average molecular weight is 394 g/mol. The molecule has 7 nitrogen and oxygen atoms in total. The lowest BCUT2D eigenvalue weighted by Gasteiger charge is -2.15. The third-order valence-electron chi connectivity index (χ3n) is 4.09. The molecule has 0 unspecified atom stereocenters. The van der Waals surface area contributed by atoms with E-state index in [2.05, 4.69) is 0 Å². The fraction of sp³-hybridized carbons (Fsp3) is 0.273. The van der Waals surface area contributed by atoms with E-state index in [1.807, 2.05) is 6.07 Å². The molecule has 0 heterocycles. The predicted octanol–water partition coefficient (Wildman–Crippen LogP) is 4.70. The van der Waals surface area contributed by atoms with Gasteiger partial charge in [-0.25, -0.2) is 0 Å². The molecule has 0 fully saturated rings. The number of nitrogens with zero attached hydrogens (tertiary/aromatic N) is 2. The Morgan fingerprint density at radius 3 is 2.34 bits per heavy atom. The molecule has 2 rings (SSSR count). The second-order valence-electron chi connectivity index (χ2n) is 7.37. The number of hydrogen-bond donors (Lipinski definition) is 0. The second-order valence-corrected chi connectivity index (χ2v) is 7.37. The molecule has 0 radical (unpaired) electrons. The zero-order chi connectivity index (χ0) is 21.6. The summed E-state index contributed by atoms with van der Waals surface area (Å²) >= 11 is 0. The first kappa shape index (κ1) is 21.6. The zero-order valence-corrected chi connectivity index (χ0v) is 16.8. The van der Waals surface area contributed by atoms with Crippen molar-refractivity contribution in [3.05, 3.63) is 69.3 Å². The van der Waals surface area contributed by atoms with Crippen LogP contribution in [0.1, 0.15) is 31.9 Å². The number of non-ortho nitro benzene ring substituents is 1. The molecule has 0 aliphatic carbocycles. The Labute approximate surface area is 169 Å². The van der Waals surface area contributed by atoms with E-state index in [0.29, 0.717) is 17.1 Å². The first-order valence-corrected chi connectivity index (χ1v) is 8.86.